The average Bonchev–Trinajstić information content (AvgIpc) is 2.19. The van der Waals surface area contributed by atoms with Crippen molar-refractivity contribution < 1.29 is 25.2 Å². The molecule has 0 amide bonds. The minimum absolute atomic E-state index is 0.356. The van der Waals surface area contributed by atoms with Crippen LogP contribution in [0.2, 0.25) is 0 Å². The second kappa shape index (κ2) is 5.04. The van der Waals surface area contributed by atoms with Crippen molar-refractivity contribution in [3.63, 3.8) is 0 Å². The van der Waals surface area contributed by atoms with Crippen molar-refractivity contribution in [3.8, 4) is 0 Å². The molecule has 5 heteroatoms. The molecule has 1 saturated heterocycles. The molecule has 1 aliphatic heterocycles. The third-order valence-corrected chi connectivity index (χ3v) is 2.56. The molecule has 0 spiro atoms. The van der Waals surface area contributed by atoms with E-state index in [1.165, 1.54) is 0 Å². The van der Waals surface area contributed by atoms with E-state index in [2.05, 4.69) is 0 Å². The van der Waals surface area contributed by atoms with E-state index in [0.29, 0.717) is 6.42 Å². The maximum Gasteiger partial charge on any atom is 0.111 e. The first-order valence-electron chi connectivity index (χ1n) is 4.92. The van der Waals surface area contributed by atoms with Crippen LogP contribution in [0, 0.1) is 0 Å². The van der Waals surface area contributed by atoms with Gasteiger partial charge in [-0.15, -0.1) is 0 Å². The predicted molar refractivity (Wildman–Crippen MR) is 48.7 cm³/mol. The monoisotopic (exact) mass is 206 g/mol. The normalized spacial score (nSPS) is 43.9. The molecule has 5 atom stereocenters. The number of rotatable bonds is 3. The van der Waals surface area contributed by atoms with E-state index in [9.17, 15) is 15.3 Å². The fraction of sp³-hybridized carbons (Fsp3) is 1.00. The van der Waals surface area contributed by atoms with E-state index < -0.39 is 30.5 Å². The lowest BCUT2D eigenvalue weighted by molar-refractivity contribution is -0.230. The molecule has 0 bridgehead atoms. The van der Waals surface area contributed by atoms with Crippen molar-refractivity contribution >= 4 is 0 Å². The summed E-state index contributed by atoms with van der Waals surface area (Å²) >= 11 is 0. The van der Waals surface area contributed by atoms with E-state index in [1.807, 2.05) is 6.92 Å². The molecule has 0 aliphatic carbocycles. The Hall–Kier alpha value is -0.200. The summed E-state index contributed by atoms with van der Waals surface area (Å²) in [5.74, 6) is 0. The van der Waals surface area contributed by atoms with Crippen LogP contribution >= 0.6 is 0 Å². The largest absolute Gasteiger partial charge is 0.394 e. The Kier molecular flexibility index (Phi) is 4.28. The van der Waals surface area contributed by atoms with Crippen molar-refractivity contribution in [2.24, 2.45) is 0 Å². The zero-order valence-electron chi connectivity index (χ0n) is 8.21. The van der Waals surface area contributed by atoms with E-state index >= 15 is 0 Å². The third kappa shape index (κ3) is 2.24. The Morgan fingerprint density at radius 3 is 2.07 bits per heavy atom. The van der Waals surface area contributed by atoms with Crippen molar-refractivity contribution in [2.75, 3.05) is 6.61 Å². The van der Waals surface area contributed by atoms with Gasteiger partial charge in [-0.1, -0.05) is 13.3 Å². The molecule has 0 aromatic carbocycles. The van der Waals surface area contributed by atoms with Crippen molar-refractivity contribution in [3.05, 3.63) is 0 Å². The second-order valence-corrected chi connectivity index (χ2v) is 3.66. The molecular formula is C9H18O5. The molecule has 0 unspecified atom stereocenters. The Bertz CT molecular complexity index is 171. The van der Waals surface area contributed by atoms with Crippen LogP contribution in [0.4, 0.5) is 0 Å². The van der Waals surface area contributed by atoms with Gasteiger partial charge in [0.25, 0.3) is 0 Å². The summed E-state index contributed by atoms with van der Waals surface area (Å²) in [7, 11) is 0. The Morgan fingerprint density at radius 1 is 1.00 bits per heavy atom. The minimum atomic E-state index is -1.24. The first kappa shape index (κ1) is 11.9. The second-order valence-electron chi connectivity index (χ2n) is 3.66. The molecule has 0 aromatic heterocycles. The van der Waals surface area contributed by atoms with Gasteiger partial charge in [-0.2, -0.15) is 0 Å². The summed E-state index contributed by atoms with van der Waals surface area (Å²) in [6.45, 7) is 1.58. The first-order chi connectivity index (χ1) is 6.61. The lowest BCUT2D eigenvalue weighted by Gasteiger charge is -2.40. The van der Waals surface area contributed by atoms with E-state index in [1.54, 1.807) is 0 Å². The van der Waals surface area contributed by atoms with Gasteiger partial charge in [0.05, 0.1) is 12.7 Å². The third-order valence-electron chi connectivity index (χ3n) is 2.56. The van der Waals surface area contributed by atoms with Gasteiger partial charge in [0.1, 0.15) is 24.4 Å². The van der Waals surface area contributed by atoms with Gasteiger partial charge in [-0.3, -0.25) is 0 Å². The molecular weight excluding hydrogens is 188 g/mol. The summed E-state index contributed by atoms with van der Waals surface area (Å²) in [4.78, 5) is 0. The summed E-state index contributed by atoms with van der Waals surface area (Å²) in [6.07, 6.45) is -3.43. The maximum absolute atomic E-state index is 9.54. The highest BCUT2D eigenvalue weighted by molar-refractivity contribution is 4.91. The molecule has 0 saturated carbocycles. The fourth-order valence-electron chi connectivity index (χ4n) is 1.70. The number of hydrogen-bond donors (Lipinski definition) is 4. The zero-order valence-corrected chi connectivity index (χ0v) is 8.21. The smallest absolute Gasteiger partial charge is 0.111 e. The van der Waals surface area contributed by atoms with Crippen LogP contribution in [-0.2, 0) is 4.74 Å². The van der Waals surface area contributed by atoms with Gasteiger partial charge in [0, 0.05) is 0 Å². The van der Waals surface area contributed by atoms with Crippen molar-refractivity contribution in [2.45, 2.75) is 50.3 Å². The molecule has 5 nitrogen and oxygen atoms in total. The Labute approximate surface area is 82.9 Å². The molecule has 1 fully saturated rings. The van der Waals surface area contributed by atoms with Crippen LogP contribution < -0.4 is 0 Å². The van der Waals surface area contributed by atoms with Gasteiger partial charge in [0.15, 0.2) is 0 Å². The zero-order chi connectivity index (χ0) is 10.7. The lowest BCUT2D eigenvalue weighted by atomic mass is 9.93. The summed E-state index contributed by atoms with van der Waals surface area (Å²) in [6, 6.07) is 0. The van der Waals surface area contributed by atoms with Crippen LogP contribution in [-0.4, -0.2) is 57.6 Å². The highest BCUT2D eigenvalue weighted by atomic mass is 16.5. The summed E-state index contributed by atoms with van der Waals surface area (Å²) < 4.78 is 5.26. The first-order valence-corrected chi connectivity index (χ1v) is 4.92. The molecule has 1 rings (SSSR count). The van der Waals surface area contributed by atoms with Gasteiger partial charge in [-0.25, -0.2) is 0 Å². The van der Waals surface area contributed by atoms with Gasteiger partial charge >= 0.3 is 0 Å². The van der Waals surface area contributed by atoms with E-state index in [0.717, 1.165) is 6.42 Å². The van der Waals surface area contributed by atoms with Gasteiger partial charge < -0.3 is 25.2 Å². The number of ether oxygens (including phenoxy) is 1. The average molecular weight is 206 g/mol. The molecule has 0 aromatic rings. The molecule has 1 aliphatic rings. The SMILES string of the molecule is CCC[C@@H]1O[C@H](CO)[C@@H](O)[C@H](O)[C@H]1O. The molecule has 14 heavy (non-hydrogen) atoms. The molecule has 1 heterocycles. The van der Waals surface area contributed by atoms with Gasteiger partial charge in [-0.05, 0) is 6.42 Å². The highest BCUT2D eigenvalue weighted by Gasteiger charge is 2.42. The van der Waals surface area contributed by atoms with Gasteiger partial charge in [0.2, 0.25) is 0 Å². The quantitative estimate of drug-likeness (QED) is 0.457. The van der Waals surface area contributed by atoms with Crippen LogP contribution in [0.3, 0.4) is 0 Å². The Balaban J connectivity index is 2.63. The standard InChI is InChI=1S/C9H18O5/c1-2-3-5-7(11)9(13)8(12)6(4-10)14-5/h5-13H,2-4H2,1H3/t5-,6+,7-,8+,9+/m0/s1. The van der Waals surface area contributed by atoms with Crippen molar-refractivity contribution in [1.29, 1.82) is 0 Å². The summed E-state index contributed by atoms with van der Waals surface area (Å²) in [5, 5.41) is 37.3. The van der Waals surface area contributed by atoms with Crippen LogP contribution in [0.5, 0.6) is 0 Å². The predicted octanol–water partition coefficient (Wildman–Crippen LogP) is -1.37. The molecule has 4 N–H and O–H groups in total. The molecule has 84 valence electrons. The number of hydrogen-bond acceptors (Lipinski definition) is 5. The number of aliphatic hydroxyl groups is 4. The topological polar surface area (TPSA) is 90.2 Å². The minimum Gasteiger partial charge on any atom is -0.394 e. The molecule has 0 radical (unpaired) electrons. The van der Waals surface area contributed by atoms with Crippen molar-refractivity contribution in [1.82, 2.24) is 0 Å². The Morgan fingerprint density at radius 2 is 1.57 bits per heavy atom. The number of aliphatic hydroxyl groups excluding tert-OH is 4. The summed E-state index contributed by atoms with van der Waals surface area (Å²) in [5.41, 5.74) is 0. The highest BCUT2D eigenvalue weighted by Crippen LogP contribution is 2.23. The van der Waals surface area contributed by atoms with E-state index in [-0.39, 0.29) is 6.61 Å². The lowest BCUT2D eigenvalue weighted by Crippen LogP contribution is -2.58. The fourth-order valence-corrected chi connectivity index (χ4v) is 1.70. The maximum atomic E-state index is 9.54. The van der Waals surface area contributed by atoms with E-state index in [4.69, 9.17) is 9.84 Å². The van der Waals surface area contributed by atoms with Crippen LogP contribution in [0.1, 0.15) is 19.8 Å². The van der Waals surface area contributed by atoms with Crippen LogP contribution in [0.25, 0.3) is 0 Å². The van der Waals surface area contributed by atoms with Crippen LogP contribution in [0.15, 0.2) is 0 Å².